The van der Waals surface area contributed by atoms with Gasteiger partial charge in [0.2, 0.25) is 5.91 Å². The summed E-state index contributed by atoms with van der Waals surface area (Å²) in [5, 5.41) is 3.72. The van der Waals surface area contributed by atoms with Gasteiger partial charge in [0.25, 0.3) is 10.0 Å². The zero-order valence-electron chi connectivity index (χ0n) is 24.8. The molecule has 0 radical (unpaired) electrons. The molecular formula is C34H33N3O5S2. The number of anilines is 1. The predicted octanol–water partition coefficient (Wildman–Crippen LogP) is 5.58. The summed E-state index contributed by atoms with van der Waals surface area (Å²) in [6.07, 6.45) is 5.64. The van der Waals surface area contributed by atoms with E-state index in [1.807, 2.05) is 62.3 Å². The summed E-state index contributed by atoms with van der Waals surface area (Å²) in [6, 6.07) is 27.4. The zero-order valence-corrected chi connectivity index (χ0v) is 26.4. The number of hydrogen-bond donors (Lipinski definition) is 1. The van der Waals surface area contributed by atoms with Crippen LogP contribution in [0.1, 0.15) is 28.3 Å². The molecule has 226 valence electrons. The summed E-state index contributed by atoms with van der Waals surface area (Å²) < 4.78 is 52.4. The Balaban J connectivity index is 1.49. The summed E-state index contributed by atoms with van der Waals surface area (Å²) in [7, 11) is -3.42. The lowest BCUT2D eigenvalue weighted by Crippen LogP contribution is -2.28. The van der Waals surface area contributed by atoms with E-state index in [0.717, 1.165) is 23.1 Å². The number of carbonyl (C=O) groups excluding carboxylic acids is 1. The molecule has 0 spiro atoms. The number of carbonyl (C=O) groups is 1. The Morgan fingerprint density at radius 1 is 0.818 bits per heavy atom. The number of rotatable bonds is 9. The Hall–Kier alpha value is -4.67. The molecule has 1 aromatic heterocycles. The normalized spacial score (nSPS) is 12.8. The van der Waals surface area contributed by atoms with Crippen molar-refractivity contribution in [2.45, 2.75) is 22.8 Å². The van der Waals surface area contributed by atoms with Crippen molar-refractivity contribution in [1.29, 1.82) is 0 Å². The largest absolute Gasteiger partial charge is 0.378 e. The summed E-state index contributed by atoms with van der Waals surface area (Å²) in [5.41, 5.74) is 4.47. The fourth-order valence-electron chi connectivity index (χ4n) is 4.94. The molecule has 0 fully saturated rings. The van der Waals surface area contributed by atoms with Gasteiger partial charge >= 0.3 is 0 Å². The van der Waals surface area contributed by atoms with E-state index < -0.39 is 31.8 Å². The van der Waals surface area contributed by atoms with E-state index >= 15 is 0 Å². The Morgan fingerprint density at radius 3 is 2.14 bits per heavy atom. The first kappa shape index (κ1) is 30.8. The third-order valence-electron chi connectivity index (χ3n) is 7.35. The van der Waals surface area contributed by atoms with E-state index in [1.165, 1.54) is 28.4 Å². The average molecular weight is 628 g/mol. The number of benzene rings is 4. The van der Waals surface area contributed by atoms with Gasteiger partial charge in [-0.3, -0.25) is 4.79 Å². The first-order valence-electron chi connectivity index (χ1n) is 13.8. The minimum atomic E-state index is -3.88. The first-order valence-corrected chi connectivity index (χ1v) is 17.2. The smallest absolute Gasteiger partial charge is 0.268 e. The van der Waals surface area contributed by atoms with Crippen LogP contribution in [0.25, 0.3) is 17.0 Å². The van der Waals surface area contributed by atoms with Gasteiger partial charge in [-0.2, -0.15) is 0 Å². The number of aryl methyl sites for hydroxylation is 1. The molecule has 5 aromatic rings. The fraction of sp³-hybridized carbons (Fsp3) is 0.147. The van der Waals surface area contributed by atoms with Gasteiger partial charge in [-0.15, -0.1) is 0 Å². The van der Waals surface area contributed by atoms with Gasteiger partial charge in [0.15, 0.2) is 9.84 Å². The number of sulfone groups is 1. The van der Waals surface area contributed by atoms with Crippen molar-refractivity contribution in [2.24, 2.45) is 0 Å². The maximum atomic E-state index is 13.5. The van der Waals surface area contributed by atoms with Crippen LogP contribution < -0.4 is 10.2 Å². The molecule has 0 aliphatic heterocycles. The first-order chi connectivity index (χ1) is 20.8. The number of nitrogens with zero attached hydrogens (tertiary/aromatic N) is 2. The van der Waals surface area contributed by atoms with Crippen LogP contribution >= 0.6 is 0 Å². The molecule has 4 aromatic carbocycles. The lowest BCUT2D eigenvalue weighted by Gasteiger charge is -2.21. The van der Waals surface area contributed by atoms with Crippen molar-refractivity contribution < 1.29 is 21.6 Å². The lowest BCUT2D eigenvalue weighted by molar-refractivity contribution is -0.116. The Kier molecular flexibility index (Phi) is 8.49. The standard InChI is InChI=1S/C34H33N3O5S2/c1-24-12-17-30(18-13-24)44(41,42)37-23-27(31-10-5-6-11-32(31)37)16-21-33(38)35-34(26-8-7-9-28(22-26)36(2)3)25-14-19-29(20-15-25)43(4,39)40/h5-23,34H,1-4H3,(H,35,38)/b21-16-. The fourth-order valence-corrected chi connectivity index (χ4v) is 6.94. The molecular weight excluding hydrogens is 595 g/mol. The van der Waals surface area contributed by atoms with Gasteiger partial charge in [-0.1, -0.05) is 60.2 Å². The Bertz CT molecular complexity index is 2080. The number of amides is 1. The van der Waals surface area contributed by atoms with Gasteiger partial charge in [0.1, 0.15) is 0 Å². The van der Waals surface area contributed by atoms with Crippen LogP contribution in [-0.2, 0) is 24.7 Å². The highest BCUT2D eigenvalue weighted by Crippen LogP contribution is 2.29. The van der Waals surface area contributed by atoms with Gasteiger partial charge in [0, 0.05) is 49.3 Å². The second-order valence-corrected chi connectivity index (χ2v) is 14.7. The monoisotopic (exact) mass is 627 g/mol. The summed E-state index contributed by atoms with van der Waals surface area (Å²) >= 11 is 0. The summed E-state index contributed by atoms with van der Waals surface area (Å²) in [4.78, 5) is 15.7. The van der Waals surface area contributed by atoms with E-state index in [4.69, 9.17) is 0 Å². The van der Waals surface area contributed by atoms with E-state index in [-0.39, 0.29) is 9.79 Å². The molecule has 0 saturated heterocycles. The third kappa shape index (κ3) is 6.46. The molecule has 8 nitrogen and oxygen atoms in total. The molecule has 10 heteroatoms. The summed E-state index contributed by atoms with van der Waals surface area (Å²) in [5.74, 6) is -0.407. The molecule has 1 unspecified atom stereocenters. The molecule has 5 rings (SSSR count). The molecule has 44 heavy (non-hydrogen) atoms. The minimum absolute atomic E-state index is 0.168. The molecule has 0 bridgehead atoms. The van der Waals surface area contributed by atoms with E-state index in [2.05, 4.69) is 5.32 Å². The molecule has 1 N–H and O–H groups in total. The van der Waals surface area contributed by atoms with Crippen LogP contribution in [-0.4, -0.2) is 47.1 Å². The van der Waals surface area contributed by atoms with Gasteiger partial charge < -0.3 is 10.2 Å². The molecule has 1 heterocycles. The number of hydrogen-bond acceptors (Lipinski definition) is 6. The van der Waals surface area contributed by atoms with Crippen LogP contribution in [0.2, 0.25) is 0 Å². The van der Waals surface area contributed by atoms with Crippen LogP contribution in [0, 0.1) is 6.92 Å². The highest BCUT2D eigenvalue weighted by Gasteiger charge is 2.21. The molecule has 0 aliphatic rings. The van der Waals surface area contributed by atoms with Crippen molar-refractivity contribution in [2.75, 3.05) is 25.3 Å². The lowest BCUT2D eigenvalue weighted by atomic mass is 9.98. The van der Waals surface area contributed by atoms with E-state index in [9.17, 15) is 21.6 Å². The third-order valence-corrected chi connectivity index (χ3v) is 10.2. The average Bonchev–Trinajstić information content (AvgIpc) is 3.38. The Labute approximate surface area is 258 Å². The van der Waals surface area contributed by atoms with Gasteiger partial charge in [0.05, 0.1) is 21.3 Å². The van der Waals surface area contributed by atoms with Crippen molar-refractivity contribution in [3.8, 4) is 0 Å². The number of fused-ring (bicyclic) bond motifs is 1. The number of aromatic nitrogens is 1. The molecule has 1 atom stereocenters. The second kappa shape index (κ2) is 12.1. The molecule has 0 saturated carbocycles. The van der Waals surface area contributed by atoms with E-state index in [0.29, 0.717) is 22.0 Å². The maximum absolute atomic E-state index is 13.5. The van der Waals surface area contributed by atoms with Crippen molar-refractivity contribution in [3.63, 3.8) is 0 Å². The van der Waals surface area contributed by atoms with Crippen LogP contribution in [0.4, 0.5) is 5.69 Å². The highest BCUT2D eigenvalue weighted by atomic mass is 32.2. The van der Waals surface area contributed by atoms with Crippen molar-refractivity contribution >= 4 is 48.4 Å². The molecule has 1 amide bonds. The van der Waals surface area contributed by atoms with Crippen molar-refractivity contribution in [3.05, 3.63) is 132 Å². The summed E-state index contributed by atoms with van der Waals surface area (Å²) in [6.45, 7) is 1.89. The SMILES string of the molecule is Cc1ccc(S(=O)(=O)n2cc(/C=C\C(=O)NC(c3ccc(S(C)(=O)=O)cc3)c3cccc(N(C)C)c3)c3ccccc32)cc1. The zero-order chi connectivity index (χ0) is 31.6. The second-order valence-electron chi connectivity index (χ2n) is 10.8. The van der Waals surface area contributed by atoms with Crippen LogP contribution in [0.15, 0.2) is 119 Å². The number of nitrogens with one attached hydrogen (secondary N) is 1. The van der Waals surface area contributed by atoms with Crippen LogP contribution in [0.3, 0.4) is 0 Å². The molecule has 0 aliphatic carbocycles. The van der Waals surface area contributed by atoms with Gasteiger partial charge in [-0.25, -0.2) is 20.8 Å². The number of para-hydroxylation sites is 1. The predicted molar refractivity (Wildman–Crippen MR) is 175 cm³/mol. The highest BCUT2D eigenvalue weighted by molar-refractivity contribution is 7.90. The topological polar surface area (TPSA) is 106 Å². The maximum Gasteiger partial charge on any atom is 0.268 e. The quantitative estimate of drug-likeness (QED) is 0.214. The Morgan fingerprint density at radius 2 is 1.48 bits per heavy atom. The minimum Gasteiger partial charge on any atom is -0.378 e. The van der Waals surface area contributed by atoms with Crippen LogP contribution in [0.5, 0.6) is 0 Å². The van der Waals surface area contributed by atoms with Gasteiger partial charge in [-0.05, 0) is 66.6 Å². The van der Waals surface area contributed by atoms with Crippen molar-refractivity contribution in [1.82, 2.24) is 9.29 Å². The van der Waals surface area contributed by atoms with E-state index in [1.54, 1.807) is 54.6 Å².